The molecule has 0 aliphatic carbocycles. The van der Waals surface area contributed by atoms with Crippen LogP contribution in [0.3, 0.4) is 0 Å². The van der Waals surface area contributed by atoms with E-state index in [2.05, 4.69) is 9.98 Å². The lowest BCUT2D eigenvalue weighted by Gasteiger charge is -2.23. The first kappa shape index (κ1) is 19.7. The molecule has 0 unspecified atom stereocenters. The standard InChI is InChI=1S/C23H19N3O3S2/c1-3-29-22(28)19-13(2)25-23-26(20(19)17-9-6-10-30-17)21(27)18(31-23)11-14-12-24-16-8-5-4-7-15(14)16/h4-12,20,24H,3H2,1-2H3/t20-/m0/s1. The topological polar surface area (TPSA) is 76.4 Å². The minimum absolute atomic E-state index is 0.165. The monoisotopic (exact) mass is 449 g/mol. The van der Waals surface area contributed by atoms with Crippen LogP contribution in [-0.4, -0.2) is 22.1 Å². The van der Waals surface area contributed by atoms with E-state index in [1.165, 1.54) is 22.7 Å². The van der Waals surface area contributed by atoms with E-state index in [9.17, 15) is 9.59 Å². The van der Waals surface area contributed by atoms with Gasteiger partial charge < -0.3 is 9.72 Å². The Morgan fingerprint density at radius 1 is 1.29 bits per heavy atom. The van der Waals surface area contributed by atoms with Crippen molar-refractivity contribution in [1.29, 1.82) is 0 Å². The maximum Gasteiger partial charge on any atom is 0.338 e. The van der Waals surface area contributed by atoms with Crippen LogP contribution in [0.4, 0.5) is 0 Å². The molecule has 0 radical (unpaired) electrons. The van der Waals surface area contributed by atoms with E-state index in [4.69, 9.17) is 4.74 Å². The highest BCUT2D eigenvalue weighted by molar-refractivity contribution is 7.10. The Balaban J connectivity index is 1.73. The number of para-hydroxylation sites is 1. The highest BCUT2D eigenvalue weighted by Crippen LogP contribution is 2.33. The molecule has 8 heteroatoms. The first-order valence-electron chi connectivity index (χ1n) is 9.87. The Bertz CT molecular complexity index is 1500. The smallest absolute Gasteiger partial charge is 0.338 e. The minimum Gasteiger partial charge on any atom is -0.463 e. The number of fused-ring (bicyclic) bond motifs is 2. The molecule has 0 amide bonds. The van der Waals surface area contributed by atoms with Crippen molar-refractivity contribution in [3.63, 3.8) is 0 Å². The van der Waals surface area contributed by atoms with Crippen LogP contribution in [0.2, 0.25) is 0 Å². The number of aromatic nitrogens is 2. The molecule has 1 aliphatic heterocycles. The lowest BCUT2D eigenvalue weighted by atomic mass is 10.0. The van der Waals surface area contributed by atoms with Gasteiger partial charge in [-0.2, -0.15) is 0 Å². The van der Waals surface area contributed by atoms with Gasteiger partial charge in [-0.3, -0.25) is 9.36 Å². The van der Waals surface area contributed by atoms with E-state index >= 15 is 0 Å². The van der Waals surface area contributed by atoms with Gasteiger partial charge in [0, 0.05) is 27.5 Å². The number of nitrogens with zero attached hydrogens (tertiary/aromatic N) is 2. The fourth-order valence-electron chi connectivity index (χ4n) is 3.86. The van der Waals surface area contributed by atoms with Crippen molar-refractivity contribution in [1.82, 2.24) is 9.55 Å². The normalized spacial score (nSPS) is 16.5. The van der Waals surface area contributed by atoms with Gasteiger partial charge in [-0.15, -0.1) is 11.3 Å². The predicted octanol–water partition coefficient (Wildman–Crippen LogP) is 3.34. The maximum absolute atomic E-state index is 13.5. The van der Waals surface area contributed by atoms with Gasteiger partial charge >= 0.3 is 5.97 Å². The number of aromatic amines is 1. The molecule has 0 spiro atoms. The van der Waals surface area contributed by atoms with Gasteiger partial charge in [-0.1, -0.05) is 35.6 Å². The van der Waals surface area contributed by atoms with Crippen molar-refractivity contribution in [2.45, 2.75) is 19.9 Å². The fourth-order valence-corrected chi connectivity index (χ4v) is 5.72. The summed E-state index contributed by atoms with van der Waals surface area (Å²) in [6.45, 7) is 3.83. The molecule has 1 N–H and O–H groups in total. The van der Waals surface area contributed by atoms with Crippen LogP contribution in [0, 0.1) is 0 Å². The predicted molar refractivity (Wildman–Crippen MR) is 123 cm³/mol. The molecule has 3 aromatic heterocycles. The van der Waals surface area contributed by atoms with Gasteiger partial charge in [-0.25, -0.2) is 9.79 Å². The summed E-state index contributed by atoms with van der Waals surface area (Å²) in [5.74, 6) is -0.437. The van der Waals surface area contributed by atoms with Crippen molar-refractivity contribution in [2.24, 2.45) is 4.99 Å². The summed E-state index contributed by atoms with van der Waals surface area (Å²) >= 11 is 2.84. The molecule has 156 valence electrons. The van der Waals surface area contributed by atoms with Gasteiger partial charge in [0.2, 0.25) is 0 Å². The molecule has 6 nitrogen and oxygen atoms in total. The summed E-state index contributed by atoms with van der Waals surface area (Å²) in [5.41, 5.74) is 2.78. The third-order valence-corrected chi connectivity index (χ3v) is 7.15. The van der Waals surface area contributed by atoms with Gasteiger partial charge in [-0.05, 0) is 37.4 Å². The van der Waals surface area contributed by atoms with E-state index in [0.717, 1.165) is 21.3 Å². The molecule has 4 aromatic rings. The van der Waals surface area contributed by atoms with Crippen LogP contribution in [0.15, 0.2) is 69.0 Å². The number of carbonyl (C=O) groups excluding carboxylic acids is 1. The molecular formula is C23H19N3O3S2. The Kier molecular flexibility index (Phi) is 4.95. The number of benzene rings is 1. The quantitative estimate of drug-likeness (QED) is 0.486. The van der Waals surface area contributed by atoms with Crippen molar-refractivity contribution >= 4 is 45.6 Å². The number of allylic oxidation sites excluding steroid dienone is 1. The van der Waals surface area contributed by atoms with E-state index in [1.54, 1.807) is 18.4 Å². The molecule has 5 rings (SSSR count). The van der Waals surface area contributed by atoms with Crippen LogP contribution in [-0.2, 0) is 9.53 Å². The Morgan fingerprint density at radius 2 is 2.13 bits per heavy atom. The SMILES string of the molecule is CCOC(=O)C1=C(C)N=c2sc(=Cc3c[nH]c4ccccc34)c(=O)n2[C@H]1c1cccs1. The number of thiazole rings is 1. The van der Waals surface area contributed by atoms with Gasteiger partial charge in [0.05, 0.1) is 22.4 Å². The Hall–Kier alpha value is -3.23. The largest absolute Gasteiger partial charge is 0.463 e. The van der Waals surface area contributed by atoms with Crippen LogP contribution in [0.5, 0.6) is 0 Å². The zero-order valence-corrected chi connectivity index (χ0v) is 18.5. The van der Waals surface area contributed by atoms with Crippen molar-refractivity contribution in [3.8, 4) is 0 Å². The van der Waals surface area contributed by atoms with Crippen molar-refractivity contribution < 1.29 is 9.53 Å². The summed E-state index contributed by atoms with van der Waals surface area (Å²) < 4.78 is 7.49. The molecule has 0 saturated heterocycles. The third kappa shape index (κ3) is 3.28. The fraction of sp³-hybridized carbons (Fsp3) is 0.174. The summed E-state index contributed by atoms with van der Waals surface area (Å²) in [7, 11) is 0. The number of H-pyrrole nitrogens is 1. The zero-order valence-electron chi connectivity index (χ0n) is 16.9. The zero-order chi connectivity index (χ0) is 21.5. The first-order valence-corrected chi connectivity index (χ1v) is 11.6. The lowest BCUT2D eigenvalue weighted by Crippen LogP contribution is -2.39. The highest BCUT2D eigenvalue weighted by Gasteiger charge is 2.33. The minimum atomic E-state index is -0.541. The van der Waals surface area contributed by atoms with Crippen LogP contribution >= 0.6 is 22.7 Å². The van der Waals surface area contributed by atoms with E-state index in [1.807, 2.05) is 54.1 Å². The van der Waals surface area contributed by atoms with Crippen LogP contribution in [0.25, 0.3) is 17.0 Å². The average Bonchev–Trinajstić information content (AvgIpc) is 3.48. The van der Waals surface area contributed by atoms with Crippen molar-refractivity contribution in [3.05, 3.63) is 89.4 Å². The molecule has 31 heavy (non-hydrogen) atoms. The highest BCUT2D eigenvalue weighted by atomic mass is 32.1. The summed E-state index contributed by atoms with van der Waals surface area (Å²) in [6.07, 6.45) is 3.78. The Labute approximate surface area is 185 Å². The molecule has 0 fully saturated rings. The second kappa shape index (κ2) is 7.79. The second-order valence-corrected chi connectivity index (χ2v) is 9.10. The van der Waals surface area contributed by atoms with Crippen molar-refractivity contribution in [2.75, 3.05) is 6.61 Å². The van der Waals surface area contributed by atoms with E-state index in [0.29, 0.717) is 20.6 Å². The number of esters is 1. The lowest BCUT2D eigenvalue weighted by molar-refractivity contribution is -0.139. The molecule has 0 bridgehead atoms. The summed E-state index contributed by atoms with van der Waals surface area (Å²) in [4.78, 5) is 35.6. The number of nitrogens with one attached hydrogen (secondary N) is 1. The molecule has 4 heterocycles. The third-order valence-electron chi connectivity index (χ3n) is 5.24. The molecular weight excluding hydrogens is 430 g/mol. The summed E-state index contributed by atoms with van der Waals surface area (Å²) in [5, 5.41) is 2.99. The molecule has 1 aliphatic rings. The van der Waals surface area contributed by atoms with Gasteiger partial charge in [0.25, 0.3) is 5.56 Å². The second-order valence-electron chi connectivity index (χ2n) is 7.11. The number of hydrogen-bond donors (Lipinski definition) is 1. The maximum atomic E-state index is 13.5. The first-order chi connectivity index (χ1) is 15.1. The molecule has 1 atom stereocenters. The molecule has 1 aromatic carbocycles. The number of hydrogen-bond acceptors (Lipinski definition) is 6. The van der Waals surface area contributed by atoms with Gasteiger partial charge in [0.15, 0.2) is 4.80 Å². The van der Waals surface area contributed by atoms with E-state index < -0.39 is 12.0 Å². The number of carbonyl (C=O) groups is 1. The summed E-state index contributed by atoms with van der Waals surface area (Å²) in [6, 6.07) is 11.3. The van der Waals surface area contributed by atoms with E-state index in [-0.39, 0.29) is 12.2 Å². The average molecular weight is 450 g/mol. The van der Waals surface area contributed by atoms with Crippen LogP contribution in [0.1, 0.15) is 30.3 Å². The number of thiophene rings is 1. The number of rotatable bonds is 4. The number of ether oxygens (including phenoxy) is 1. The van der Waals surface area contributed by atoms with Gasteiger partial charge in [0.1, 0.15) is 6.04 Å². The Morgan fingerprint density at radius 3 is 2.90 bits per heavy atom. The van der Waals surface area contributed by atoms with Crippen LogP contribution < -0.4 is 14.9 Å². The molecule has 0 saturated carbocycles.